The highest BCUT2D eigenvalue weighted by atomic mass is 19.1. The van der Waals surface area contributed by atoms with E-state index in [0.717, 1.165) is 43.8 Å². The highest BCUT2D eigenvalue weighted by Gasteiger charge is 2.18. The lowest BCUT2D eigenvalue weighted by Crippen LogP contribution is -2.43. The number of ether oxygens (including phenoxy) is 1. The predicted octanol–water partition coefficient (Wildman–Crippen LogP) is 1.76. The van der Waals surface area contributed by atoms with Gasteiger partial charge in [0.2, 0.25) is 5.95 Å². The third-order valence-electron chi connectivity index (χ3n) is 5.96. The van der Waals surface area contributed by atoms with Crippen LogP contribution in [0.5, 0.6) is 0 Å². The summed E-state index contributed by atoms with van der Waals surface area (Å²) < 4.78 is 19.5. The van der Waals surface area contributed by atoms with Gasteiger partial charge in [-0.1, -0.05) is 0 Å². The zero-order valence-electron chi connectivity index (χ0n) is 19.7. The molecule has 0 unspecified atom stereocenters. The van der Waals surface area contributed by atoms with Crippen molar-refractivity contribution in [3.05, 3.63) is 60.3 Å². The molecule has 3 aromatic rings. The number of carbonyl (C=O) groups excluding carboxylic acids is 1. The lowest BCUT2D eigenvalue weighted by atomic mass is 10.2. The summed E-state index contributed by atoms with van der Waals surface area (Å²) in [7, 11) is 0. The molecule has 2 fully saturated rings. The maximum Gasteiger partial charge on any atom is 0.288 e. The summed E-state index contributed by atoms with van der Waals surface area (Å²) in [5.74, 6) is -0.756. The second-order valence-corrected chi connectivity index (χ2v) is 8.38. The second-order valence-electron chi connectivity index (χ2n) is 8.38. The molecule has 0 spiro atoms. The van der Waals surface area contributed by atoms with Gasteiger partial charge < -0.3 is 25.2 Å². The van der Waals surface area contributed by atoms with Crippen molar-refractivity contribution in [2.45, 2.75) is 0 Å². The first-order valence-corrected chi connectivity index (χ1v) is 11.9. The van der Waals surface area contributed by atoms with Gasteiger partial charge in [0.05, 0.1) is 31.3 Å². The monoisotopic (exact) mass is 493 g/mol. The van der Waals surface area contributed by atoms with Crippen molar-refractivity contribution in [2.75, 3.05) is 73.0 Å². The van der Waals surface area contributed by atoms with Crippen LogP contribution in [0, 0.1) is 5.82 Å². The average molecular weight is 494 g/mol. The largest absolute Gasteiger partial charge is 0.378 e. The molecular weight excluding hydrogens is 465 g/mol. The molecular formula is C24H28FN9O2. The second kappa shape index (κ2) is 11.1. The Bertz CT molecular complexity index is 1170. The molecule has 4 heterocycles. The number of anilines is 5. The number of hydrazine groups is 1. The van der Waals surface area contributed by atoms with Gasteiger partial charge in [-0.15, -0.1) is 0 Å². The Morgan fingerprint density at radius 3 is 2.39 bits per heavy atom. The van der Waals surface area contributed by atoms with E-state index in [2.05, 4.69) is 53.5 Å². The number of nitrogens with one attached hydrogen (secondary N) is 4. The Labute approximate surface area is 208 Å². The van der Waals surface area contributed by atoms with E-state index in [1.807, 2.05) is 12.1 Å². The minimum absolute atomic E-state index is 0.0776. The van der Waals surface area contributed by atoms with Crippen molar-refractivity contribution < 1.29 is 13.9 Å². The summed E-state index contributed by atoms with van der Waals surface area (Å²) in [5.41, 5.74) is 8.21. The fraction of sp³-hybridized carbons (Fsp3) is 0.333. The summed E-state index contributed by atoms with van der Waals surface area (Å²) >= 11 is 0. The fourth-order valence-corrected chi connectivity index (χ4v) is 4.04. The van der Waals surface area contributed by atoms with Crippen LogP contribution in [0.1, 0.15) is 10.5 Å². The van der Waals surface area contributed by atoms with Crippen molar-refractivity contribution in [1.82, 2.24) is 25.7 Å². The van der Waals surface area contributed by atoms with Crippen molar-refractivity contribution in [3.63, 3.8) is 0 Å². The van der Waals surface area contributed by atoms with E-state index >= 15 is 0 Å². The molecule has 0 radical (unpaired) electrons. The molecule has 4 N–H and O–H groups in total. The summed E-state index contributed by atoms with van der Waals surface area (Å²) in [6.07, 6.45) is 2.66. The Morgan fingerprint density at radius 1 is 0.917 bits per heavy atom. The molecule has 12 heteroatoms. The SMILES string of the molecule is O=C(NNc1ncc(F)c(N2CCOCC2)n1)c1ccc(Nc2ccc(N3CCNCC3)cc2)cn1. The van der Waals surface area contributed by atoms with Crippen molar-refractivity contribution in [3.8, 4) is 0 Å². The molecule has 1 aromatic carbocycles. The minimum Gasteiger partial charge on any atom is -0.378 e. The van der Waals surface area contributed by atoms with Crippen LogP contribution in [0.3, 0.4) is 0 Å². The smallest absolute Gasteiger partial charge is 0.288 e. The van der Waals surface area contributed by atoms with Gasteiger partial charge in [-0.3, -0.25) is 15.6 Å². The van der Waals surface area contributed by atoms with Gasteiger partial charge in [0.25, 0.3) is 5.91 Å². The van der Waals surface area contributed by atoms with E-state index in [1.54, 1.807) is 23.2 Å². The van der Waals surface area contributed by atoms with E-state index in [4.69, 9.17) is 4.74 Å². The van der Waals surface area contributed by atoms with Crippen LogP contribution in [0.25, 0.3) is 0 Å². The molecule has 0 aliphatic carbocycles. The van der Waals surface area contributed by atoms with Gasteiger partial charge in [-0.05, 0) is 36.4 Å². The van der Waals surface area contributed by atoms with E-state index in [1.165, 1.54) is 5.69 Å². The number of piperazine rings is 1. The molecule has 0 saturated carbocycles. The number of aromatic nitrogens is 3. The molecule has 0 atom stereocenters. The predicted molar refractivity (Wildman–Crippen MR) is 135 cm³/mol. The maximum absolute atomic E-state index is 14.2. The normalized spacial score (nSPS) is 15.9. The van der Waals surface area contributed by atoms with Crippen LogP contribution >= 0.6 is 0 Å². The average Bonchev–Trinajstić information content (AvgIpc) is 2.94. The lowest BCUT2D eigenvalue weighted by molar-refractivity contribution is 0.0957. The van der Waals surface area contributed by atoms with Crippen LogP contribution < -0.4 is 31.3 Å². The molecule has 2 aliphatic rings. The number of carbonyl (C=O) groups is 1. The highest BCUT2D eigenvalue weighted by Crippen LogP contribution is 2.22. The molecule has 2 saturated heterocycles. The number of halogens is 1. The number of rotatable bonds is 7. The number of hydrogen-bond acceptors (Lipinski definition) is 10. The standard InChI is InChI=1S/C24H28FN9O2/c25-20-16-28-24(30-22(20)34-11-13-36-14-12-34)32-31-23(35)21-6-3-18(15-27-21)29-17-1-4-19(5-2-17)33-9-7-26-8-10-33/h1-6,15-16,26,29H,7-14H2,(H,31,35)(H,28,30,32). The Kier molecular flexibility index (Phi) is 7.33. The number of morpholine rings is 1. The summed E-state index contributed by atoms with van der Waals surface area (Å²) in [5, 5.41) is 6.65. The fourth-order valence-electron chi connectivity index (χ4n) is 4.04. The molecule has 5 rings (SSSR count). The third-order valence-corrected chi connectivity index (χ3v) is 5.96. The molecule has 1 amide bonds. The van der Waals surface area contributed by atoms with Crippen LogP contribution in [0.2, 0.25) is 0 Å². The molecule has 188 valence electrons. The van der Waals surface area contributed by atoms with Crippen LogP contribution in [0.15, 0.2) is 48.8 Å². The number of amides is 1. The van der Waals surface area contributed by atoms with E-state index in [-0.39, 0.29) is 17.5 Å². The van der Waals surface area contributed by atoms with E-state index in [9.17, 15) is 9.18 Å². The molecule has 36 heavy (non-hydrogen) atoms. The van der Waals surface area contributed by atoms with Crippen LogP contribution in [0.4, 0.5) is 33.2 Å². The third kappa shape index (κ3) is 5.78. The maximum atomic E-state index is 14.2. The highest BCUT2D eigenvalue weighted by molar-refractivity contribution is 5.93. The molecule has 2 aliphatic heterocycles. The number of nitrogens with zero attached hydrogens (tertiary/aromatic N) is 5. The zero-order valence-corrected chi connectivity index (χ0v) is 19.7. The van der Waals surface area contributed by atoms with Crippen molar-refractivity contribution in [2.24, 2.45) is 0 Å². The van der Waals surface area contributed by atoms with Crippen molar-refractivity contribution >= 4 is 34.7 Å². The van der Waals surface area contributed by atoms with Crippen LogP contribution in [-0.4, -0.2) is 73.3 Å². The Hall–Kier alpha value is -4.03. The topological polar surface area (TPSA) is 120 Å². The Balaban J connectivity index is 1.15. The first kappa shape index (κ1) is 23.7. The Morgan fingerprint density at radius 2 is 1.67 bits per heavy atom. The van der Waals surface area contributed by atoms with Gasteiger partial charge in [0.15, 0.2) is 11.6 Å². The minimum atomic E-state index is -0.531. The zero-order chi connectivity index (χ0) is 24.7. The van der Waals surface area contributed by atoms with Gasteiger partial charge in [-0.2, -0.15) is 4.98 Å². The van der Waals surface area contributed by atoms with Gasteiger partial charge in [-0.25, -0.2) is 14.4 Å². The van der Waals surface area contributed by atoms with Crippen LogP contribution in [-0.2, 0) is 4.74 Å². The number of benzene rings is 1. The van der Waals surface area contributed by atoms with E-state index < -0.39 is 11.7 Å². The quantitative estimate of drug-likeness (QED) is 0.363. The van der Waals surface area contributed by atoms with E-state index in [0.29, 0.717) is 26.3 Å². The summed E-state index contributed by atoms with van der Waals surface area (Å²) in [6.45, 7) is 6.05. The first-order chi connectivity index (χ1) is 17.7. The first-order valence-electron chi connectivity index (χ1n) is 11.9. The van der Waals surface area contributed by atoms with Crippen molar-refractivity contribution in [1.29, 1.82) is 0 Å². The molecule has 2 aromatic heterocycles. The van der Waals surface area contributed by atoms with Gasteiger partial charge in [0, 0.05) is 50.6 Å². The molecule has 11 nitrogen and oxygen atoms in total. The summed E-state index contributed by atoms with van der Waals surface area (Å²) in [6, 6.07) is 11.6. The number of hydrogen-bond donors (Lipinski definition) is 4. The molecule has 0 bridgehead atoms. The summed E-state index contributed by atoms with van der Waals surface area (Å²) in [4.78, 5) is 28.9. The van der Waals surface area contributed by atoms with Gasteiger partial charge >= 0.3 is 0 Å². The lowest BCUT2D eigenvalue weighted by Gasteiger charge is -2.29. The van der Waals surface area contributed by atoms with Gasteiger partial charge in [0.1, 0.15) is 5.69 Å². The number of pyridine rings is 1.